The van der Waals surface area contributed by atoms with Crippen molar-refractivity contribution in [1.82, 2.24) is 10.6 Å². The molecule has 152 valence electrons. The molecule has 28 heavy (non-hydrogen) atoms. The number of nitrogens with one attached hydrogen (secondary N) is 3. The first-order chi connectivity index (χ1) is 12.8. The van der Waals surface area contributed by atoms with Crippen molar-refractivity contribution in [3.8, 4) is 0 Å². The third kappa shape index (κ3) is 5.47. The third-order valence-corrected chi connectivity index (χ3v) is 6.24. The van der Waals surface area contributed by atoms with Crippen LogP contribution in [0.5, 0.6) is 0 Å². The van der Waals surface area contributed by atoms with Crippen molar-refractivity contribution in [3.05, 3.63) is 59.2 Å². The minimum Gasteiger partial charge on any atom is -0.350 e. The highest BCUT2D eigenvalue weighted by atomic mass is 35.5. The maximum atomic E-state index is 12.5. The topological polar surface area (TPSA) is 87.3 Å². The average molecular weight is 424 g/mol. The van der Waals surface area contributed by atoms with Crippen LogP contribution in [0.15, 0.2) is 47.4 Å². The van der Waals surface area contributed by atoms with E-state index in [4.69, 9.17) is 0 Å². The molecule has 1 heterocycles. The van der Waals surface area contributed by atoms with E-state index in [9.17, 15) is 13.2 Å². The maximum Gasteiger partial charge on any atom is 0.261 e. The van der Waals surface area contributed by atoms with Crippen LogP contribution in [0.4, 0.5) is 5.69 Å². The molecule has 1 aliphatic heterocycles. The Labute approximate surface area is 172 Å². The highest BCUT2D eigenvalue weighted by Gasteiger charge is 2.17. The van der Waals surface area contributed by atoms with Gasteiger partial charge in [-0.15, -0.1) is 12.4 Å². The normalized spacial score (nSPS) is 16.3. The maximum absolute atomic E-state index is 12.5. The number of carbonyl (C=O) groups excluding carboxylic acids is 1. The van der Waals surface area contributed by atoms with Crippen LogP contribution >= 0.6 is 12.4 Å². The highest BCUT2D eigenvalue weighted by Crippen LogP contribution is 2.19. The molecule has 0 aromatic heterocycles. The van der Waals surface area contributed by atoms with Gasteiger partial charge in [0.25, 0.3) is 15.9 Å². The van der Waals surface area contributed by atoms with Gasteiger partial charge < -0.3 is 10.6 Å². The highest BCUT2D eigenvalue weighted by molar-refractivity contribution is 7.92. The van der Waals surface area contributed by atoms with E-state index in [0.717, 1.165) is 30.5 Å². The van der Waals surface area contributed by atoms with Crippen LogP contribution in [0.1, 0.15) is 34.3 Å². The van der Waals surface area contributed by atoms with Crippen molar-refractivity contribution in [2.75, 3.05) is 17.8 Å². The molecule has 2 aromatic rings. The van der Waals surface area contributed by atoms with Crippen molar-refractivity contribution >= 4 is 34.0 Å². The largest absolute Gasteiger partial charge is 0.350 e. The van der Waals surface area contributed by atoms with Gasteiger partial charge in [0.05, 0.1) is 4.90 Å². The summed E-state index contributed by atoms with van der Waals surface area (Å²) >= 11 is 0. The van der Waals surface area contributed by atoms with Crippen molar-refractivity contribution < 1.29 is 13.2 Å². The van der Waals surface area contributed by atoms with Crippen LogP contribution in [-0.2, 0) is 10.0 Å². The van der Waals surface area contributed by atoms with E-state index in [0.29, 0.717) is 23.8 Å². The fourth-order valence-electron chi connectivity index (χ4n) is 3.03. The molecule has 0 aliphatic carbocycles. The van der Waals surface area contributed by atoms with E-state index in [1.807, 2.05) is 13.8 Å². The van der Waals surface area contributed by atoms with Gasteiger partial charge in [0, 0.05) is 23.8 Å². The second-order valence-corrected chi connectivity index (χ2v) is 8.61. The Bertz CT molecular complexity index is 924. The lowest BCUT2D eigenvalue weighted by Gasteiger charge is -2.12. The quantitative estimate of drug-likeness (QED) is 0.666. The molecule has 1 amide bonds. The van der Waals surface area contributed by atoms with E-state index in [-0.39, 0.29) is 23.2 Å². The van der Waals surface area contributed by atoms with Crippen LogP contribution < -0.4 is 15.4 Å². The number of anilines is 1. The van der Waals surface area contributed by atoms with Crippen molar-refractivity contribution in [1.29, 1.82) is 0 Å². The molecule has 0 radical (unpaired) electrons. The monoisotopic (exact) mass is 423 g/mol. The fourth-order valence-corrected chi connectivity index (χ4v) is 4.18. The summed E-state index contributed by atoms with van der Waals surface area (Å²) in [6.45, 7) is 5.41. The minimum absolute atomic E-state index is 0. The van der Waals surface area contributed by atoms with Crippen LogP contribution in [0.25, 0.3) is 0 Å². The average Bonchev–Trinajstić information content (AvgIpc) is 3.16. The number of amides is 1. The second kappa shape index (κ2) is 9.41. The third-order valence-electron chi connectivity index (χ3n) is 4.86. The molecule has 3 N–H and O–H groups in total. The first-order valence-corrected chi connectivity index (χ1v) is 10.6. The Kier molecular flexibility index (Phi) is 7.46. The van der Waals surface area contributed by atoms with Crippen LogP contribution in [0.2, 0.25) is 0 Å². The van der Waals surface area contributed by atoms with Crippen molar-refractivity contribution in [3.63, 3.8) is 0 Å². The van der Waals surface area contributed by atoms with Crippen molar-refractivity contribution in [2.24, 2.45) is 0 Å². The van der Waals surface area contributed by atoms with E-state index in [1.54, 1.807) is 42.5 Å². The molecule has 0 bridgehead atoms. The predicted octanol–water partition coefficient (Wildman–Crippen LogP) is 3.01. The summed E-state index contributed by atoms with van der Waals surface area (Å²) in [5.41, 5.74) is 2.88. The minimum atomic E-state index is -3.67. The number of hydrogen-bond acceptors (Lipinski definition) is 4. The van der Waals surface area contributed by atoms with E-state index >= 15 is 0 Å². The molecule has 1 aliphatic rings. The predicted molar refractivity (Wildman–Crippen MR) is 114 cm³/mol. The smallest absolute Gasteiger partial charge is 0.261 e. The first-order valence-electron chi connectivity index (χ1n) is 9.07. The SMILES string of the molecule is Cc1ccc(S(=O)(=O)Nc2ccc(C(=O)NCC3CCCN3)cc2)cc1C.Cl. The summed E-state index contributed by atoms with van der Waals surface area (Å²) < 4.78 is 27.6. The zero-order chi connectivity index (χ0) is 19.4. The van der Waals surface area contributed by atoms with Crippen LogP contribution in [0.3, 0.4) is 0 Å². The fraction of sp³-hybridized carbons (Fsp3) is 0.350. The number of carbonyl (C=O) groups is 1. The summed E-state index contributed by atoms with van der Waals surface area (Å²) in [7, 11) is -3.67. The molecule has 6 nitrogen and oxygen atoms in total. The number of halogens is 1. The summed E-state index contributed by atoms with van der Waals surface area (Å²) in [5.74, 6) is -0.160. The molecule has 1 saturated heterocycles. The lowest BCUT2D eigenvalue weighted by Crippen LogP contribution is -2.37. The lowest BCUT2D eigenvalue weighted by atomic mass is 10.1. The Hall–Kier alpha value is -2.09. The van der Waals surface area contributed by atoms with Gasteiger partial charge in [-0.25, -0.2) is 8.42 Å². The lowest BCUT2D eigenvalue weighted by molar-refractivity contribution is 0.0950. The summed E-state index contributed by atoms with van der Waals surface area (Å²) in [6.07, 6.45) is 2.20. The standard InChI is InChI=1S/C20H25N3O3S.ClH/c1-14-5-10-19(12-15(14)2)27(25,26)23-17-8-6-16(7-9-17)20(24)22-13-18-4-3-11-21-18;/h5-10,12,18,21,23H,3-4,11,13H2,1-2H3,(H,22,24);1H. The molecule has 0 spiro atoms. The Morgan fingerprint density at radius 2 is 1.82 bits per heavy atom. The molecule has 1 fully saturated rings. The molecule has 8 heteroatoms. The van der Waals surface area contributed by atoms with E-state index < -0.39 is 10.0 Å². The Balaban J connectivity index is 0.00000280. The molecule has 0 saturated carbocycles. The van der Waals surface area contributed by atoms with Gasteiger partial charge in [-0.05, 0) is 80.8 Å². The number of aryl methyl sites for hydroxylation is 2. The number of rotatable bonds is 6. The second-order valence-electron chi connectivity index (χ2n) is 6.93. The van der Waals surface area contributed by atoms with Crippen molar-refractivity contribution in [2.45, 2.75) is 37.6 Å². The zero-order valence-electron chi connectivity index (χ0n) is 16.0. The van der Waals surface area contributed by atoms with Gasteiger partial charge in [-0.1, -0.05) is 6.07 Å². The number of hydrogen-bond donors (Lipinski definition) is 3. The van der Waals surface area contributed by atoms with E-state index in [2.05, 4.69) is 15.4 Å². The van der Waals surface area contributed by atoms with Gasteiger partial charge in [0.1, 0.15) is 0 Å². The number of benzene rings is 2. The van der Waals surface area contributed by atoms with Gasteiger partial charge in [-0.3, -0.25) is 9.52 Å². The van der Waals surface area contributed by atoms with Gasteiger partial charge in [0.2, 0.25) is 0 Å². The Morgan fingerprint density at radius 1 is 1.11 bits per heavy atom. The summed E-state index contributed by atoms with van der Waals surface area (Å²) in [4.78, 5) is 12.4. The number of sulfonamides is 1. The molecule has 3 rings (SSSR count). The Morgan fingerprint density at radius 3 is 2.43 bits per heavy atom. The summed E-state index contributed by atoms with van der Waals surface area (Å²) in [6, 6.07) is 11.8. The van der Waals surface area contributed by atoms with Gasteiger partial charge in [-0.2, -0.15) is 0 Å². The first kappa shape index (κ1) is 22.2. The molecule has 1 unspecified atom stereocenters. The zero-order valence-corrected chi connectivity index (χ0v) is 17.6. The summed E-state index contributed by atoms with van der Waals surface area (Å²) in [5, 5.41) is 6.24. The van der Waals surface area contributed by atoms with E-state index in [1.165, 1.54) is 0 Å². The molecule has 2 aromatic carbocycles. The van der Waals surface area contributed by atoms with Gasteiger partial charge in [0.15, 0.2) is 0 Å². The van der Waals surface area contributed by atoms with Crippen LogP contribution in [0, 0.1) is 13.8 Å². The van der Waals surface area contributed by atoms with Crippen LogP contribution in [-0.4, -0.2) is 33.5 Å². The molecule has 1 atom stereocenters. The van der Waals surface area contributed by atoms with Gasteiger partial charge >= 0.3 is 0 Å². The molecular formula is C20H26ClN3O3S. The molecular weight excluding hydrogens is 398 g/mol.